The Morgan fingerprint density at radius 2 is 2.05 bits per heavy atom. The maximum absolute atomic E-state index is 12.2. The summed E-state index contributed by atoms with van der Waals surface area (Å²) < 4.78 is 50.0. The number of nitrogens with zero attached hydrogens (tertiary/aromatic N) is 1. The van der Waals surface area contributed by atoms with Crippen LogP contribution in [0.25, 0.3) is 0 Å². The first-order chi connectivity index (χ1) is 8.76. The molecule has 0 aliphatic rings. The summed E-state index contributed by atoms with van der Waals surface area (Å²) in [7, 11) is 2.36. The molecular formula is C10H9F3INO4. The van der Waals surface area contributed by atoms with E-state index in [1.807, 2.05) is 22.6 Å². The number of hydrogen-bond donors (Lipinski definition) is 0. The molecule has 1 aromatic heterocycles. The van der Waals surface area contributed by atoms with Crippen LogP contribution in [-0.2, 0) is 16.0 Å². The lowest BCUT2D eigenvalue weighted by molar-refractivity contribution is -0.276. The summed E-state index contributed by atoms with van der Waals surface area (Å²) in [6, 6.07) is 1.30. The van der Waals surface area contributed by atoms with Crippen LogP contribution in [0.15, 0.2) is 6.07 Å². The van der Waals surface area contributed by atoms with Crippen molar-refractivity contribution in [2.45, 2.75) is 12.8 Å². The number of rotatable bonds is 4. The molecule has 0 saturated heterocycles. The number of ether oxygens (including phenoxy) is 3. The minimum absolute atomic E-state index is 0.118. The Kier molecular flexibility index (Phi) is 5.20. The summed E-state index contributed by atoms with van der Waals surface area (Å²) >= 11 is 1.83. The van der Waals surface area contributed by atoms with E-state index in [1.165, 1.54) is 20.3 Å². The van der Waals surface area contributed by atoms with Crippen molar-refractivity contribution < 1.29 is 32.2 Å². The molecule has 0 amide bonds. The quantitative estimate of drug-likeness (QED) is 0.583. The minimum Gasteiger partial charge on any atom is -0.491 e. The van der Waals surface area contributed by atoms with E-state index in [1.54, 1.807) is 0 Å². The molecule has 0 aliphatic heterocycles. The maximum atomic E-state index is 12.2. The van der Waals surface area contributed by atoms with E-state index in [0.717, 1.165) is 0 Å². The molecule has 0 N–H and O–H groups in total. The Balaban J connectivity index is 3.14. The second-order valence-electron chi connectivity index (χ2n) is 3.23. The van der Waals surface area contributed by atoms with E-state index in [4.69, 9.17) is 4.74 Å². The Bertz CT molecular complexity index is 479. The lowest BCUT2D eigenvalue weighted by atomic mass is 10.2. The van der Waals surface area contributed by atoms with Crippen molar-refractivity contribution in [3.8, 4) is 11.6 Å². The van der Waals surface area contributed by atoms with Gasteiger partial charge in [-0.25, -0.2) is 4.98 Å². The SMILES string of the molecule is COC(=O)Cc1nc(OC(F)(F)F)c(OC)cc1I. The molecule has 0 aliphatic carbocycles. The third-order valence-corrected chi connectivity index (χ3v) is 2.89. The largest absolute Gasteiger partial charge is 0.574 e. The van der Waals surface area contributed by atoms with Gasteiger partial charge in [0.05, 0.1) is 26.3 Å². The van der Waals surface area contributed by atoms with Gasteiger partial charge in [-0.2, -0.15) is 0 Å². The molecule has 19 heavy (non-hydrogen) atoms. The predicted molar refractivity (Wildman–Crippen MR) is 65.9 cm³/mol. The zero-order valence-electron chi connectivity index (χ0n) is 9.88. The number of methoxy groups -OCH3 is 2. The van der Waals surface area contributed by atoms with Gasteiger partial charge in [-0.15, -0.1) is 13.2 Å². The van der Waals surface area contributed by atoms with Crippen LogP contribution in [0, 0.1) is 3.57 Å². The third kappa shape index (κ3) is 4.73. The summed E-state index contributed by atoms with van der Waals surface area (Å²) in [4.78, 5) is 14.8. The van der Waals surface area contributed by atoms with Crippen LogP contribution in [0.2, 0.25) is 0 Å². The molecule has 0 unspecified atom stereocenters. The summed E-state index contributed by atoms with van der Waals surface area (Å²) in [6.45, 7) is 0. The van der Waals surface area contributed by atoms with E-state index in [2.05, 4.69) is 14.5 Å². The van der Waals surface area contributed by atoms with Crippen LogP contribution in [0.3, 0.4) is 0 Å². The first-order valence-corrected chi connectivity index (χ1v) is 5.90. The first-order valence-electron chi connectivity index (χ1n) is 4.82. The van der Waals surface area contributed by atoms with Gasteiger partial charge in [-0.3, -0.25) is 4.79 Å². The zero-order chi connectivity index (χ0) is 14.6. The number of carbonyl (C=O) groups excluding carboxylic acids is 1. The summed E-state index contributed by atoms with van der Waals surface area (Å²) in [5.74, 6) is -1.53. The van der Waals surface area contributed by atoms with Crippen molar-refractivity contribution in [2.24, 2.45) is 0 Å². The van der Waals surface area contributed by atoms with Crippen molar-refractivity contribution >= 4 is 28.6 Å². The molecule has 0 bridgehead atoms. The van der Waals surface area contributed by atoms with E-state index in [0.29, 0.717) is 3.57 Å². The molecular weight excluding hydrogens is 382 g/mol. The van der Waals surface area contributed by atoms with Crippen LogP contribution in [0.1, 0.15) is 5.69 Å². The second-order valence-corrected chi connectivity index (χ2v) is 4.39. The van der Waals surface area contributed by atoms with Gasteiger partial charge < -0.3 is 14.2 Å². The molecule has 1 aromatic rings. The van der Waals surface area contributed by atoms with Gasteiger partial charge in [-0.1, -0.05) is 0 Å². The topological polar surface area (TPSA) is 57.7 Å². The summed E-state index contributed by atoms with van der Waals surface area (Å²) in [5, 5.41) is 0. The van der Waals surface area contributed by atoms with E-state index in [9.17, 15) is 18.0 Å². The number of pyridine rings is 1. The highest BCUT2D eigenvalue weighted by Gasteiger charge is 2.34. The van der Waals surface area contributed by atoms with Crippen LogP contribution in [0.4, 0.5) is 13.2 Å². The molecule has 9 heteroatoms. The van der Waals surface area contributed by atoms with Gasteiger partial charge in [0.2, 0.25) is 0 Å². The van der Waals surface area contributed by atoms with Crippen molar-refractivity contribution in [2.75, 3.05) is 14.2 Å². The van der Waals surface area contributed by atoms with Gasteiger partial charge in [0, 0.05) is 9.64 Å². The first kappa shape index (κ1) is 15.8. The molecule has 5 nitrogen and oxygen atoms in total. The number of carbonyl (C=O) groups is 1. The van der Waals surface area contributed by atoms with Gasteiger partial charge in [-0.05, 0) is 22.6 Å². The Morgan fingerprint density at radius 3 is 2.53 bits per heavy atom. The lowest BCUT2D eigenvalue weighted by Crippen LogP contribution is -2.19. The van der Waals surface area contributed by atoms with Crippen molar-refractivity contribution in [3.05, 3.63) is 15.3 Å². The van der Waals surface area contributed by atoms with Gasteiger partial charge >= 0.3 is 12.3 Å². The Labute approximate surface area is 120 Å². The van der Waals surface area contributed by atoms with Crippen LogP contribution < -0.4 is 9.47 Å². The molecule has 0 radical (unpaired) electrons. The Morgan fingerprint density at radius 1 is 1.42 bits per heavy atom. The van der Waals surface area contributed by atoms with Crippen LogP contribution in [-0.4, -0.2) is 31.5 Å². The highest BCUT2D eigenvalue weighted by molar-refractivity contribution is 14.1. The fraction of sp³-hybridized carbons (Fsp3) is 0.400. The molecule has 0 atom stereocenters. The number of halogens is 4. The average Bonchev–Trinajstić information content (AvgIpc) is 2.30. The van der Waals surface area contributed by atoms with Gasteiger partial charge in [0.25, 0.3) is 5.88 Å². The maximum Gasteiger partial charge on any atom is 0.574 e. The van der Waals surface area contributed by atoms with E-state index >= 15 is 0 Å². The number of esters is 1. The highest BCUT2D eigenvalue weighted by Crippen LogP contribution is 2.32. The van der Waals surface area contributed by atoms with Gasteiger partial charge in [0.15, 0.2) is 5.75 Å². The second kappa shape index (κ2) is 6.26. The fourth-order valence-corrected chi connectivity index (χ4v) is 1.75. The monoisotopic (exact) mass is 391 g/mol. The average molecular weight is 391 g/mol. The molecule has 0 aromatic carbocycles. The smallest absolute Gasteiger partial charge is 0.491 e. The van der Waals surface area contributed by atoms with Crippen LogP contribution in [0.5, 0.6) is 11.6 Å². The Hall–Kier alpha value is -1.26. The van der Waals surface area contributed by atoms with E-state index in [-0.39, 0.29) is 17.9 Å². The normalized spacial score (nSPS) is 11.1. The third-order valence-electron chi connectivity index (χ3n) is 1.95. The lowest BCUT2D eigenvalue weighted by Gasteiger charge is -2.13. The molecule has 0 saturated carbocycles. The standard InChI is InChI=1S/C10H9F3INO4/c1-17-7-3-5(14)6(4-8(16)18-2)15-9(7)19-10(11,12)13/h3H,4H2,1-2H3. The number of hydrogen-bond acceptors (Lipinski definition) is 5. The number of alkyl halides is 3. The number of aromatic nitrogens is 1. The van der Waals surface area contributed by atoms with E-state index < -0.39 is 18.2 Å². The fourth-order valence-electron chi connectivity index (χ4n) is 1.15. The summed E-state index contributed by atoms with van der Waals surface area (Å²) in [6.07, 6.45) is -5.15. The highest BCUT2D eigenvalue weighted by atomic mass is 127. The molecule has 106 valence electrons. The van der Waals surface area contributed by atoms with Crippen molar-refractivity contribution in [1.82, 2.24) is 4.98 Å². The molecule has 1 heterocycles. The molecule has 0 spiro atoms. The van der Waals surface area contributed by atoms with Gasteiger partial charge in [0.1, 0.15) is 0 Å². The van der Waals surface area contributed by atoms with Crippen LogP contribution >= 0.6 is 22.6 Å². The molecule has 0 fully saturated rings. The van der Waals surface area contributed by atoms with Crippen molar-refractivity contribution in [3.63, 3.8) is 0 Å². The minimum atomic E-state index is -4.89. The van der Waals surface area contributed by atoms with Crippen molar-refractivity contribution in [1.29, 1.82) is 0 Å². The predicted octanol–water partition coefficient (Wildman–Crippen LogP) is 2.31. The zero-order valence-corrected chi connectivity index (χ0v) is 12.0. The molecule has 1 rings (SSSR count). The summed E-state index contributed by atoms with van der Waals surface area (Å²) in [5.41, 5.74) is 0.118.